The van der Waals surface area contributed by atoms with E-state index in [2.05, 4.69) is 15.2 Å². The molecule has 0 spiro atoms. The maximum absolute atomic E-state index is 12.4. The second-order valence-electron chi connectivity index (χ2n) is 7.84. The Bertz CT molecular complexity index is 834. The first-order valence-corrected chi connectivity index (χ1v) is 10.4. The van der Waals surface area contributed by atoms with Gasteiger partial charge in [-0.05, 0) is 56.3 Å². The van der Waals surface area contributed by atoms with Gasteiger partial charge in [0.25, 0.3) is 5.91 Å². The van der Waals surface area contributed by atoms with Crippen molar-refractivity contribution in [2.45, 2.75) is 38.8 Å². The summed E-state index contributed by atoms with van der Waals surface area (Å²) in [5.41, 5.74) is 1.30. The molecule has 3 heterocycles. The third-order valence-electron chi connectivity index (χ3n) is 5.63. The molecule has 0 unspecified atom stereocenters. The van der Waals surface area contributed by atoms with Gasteiger partial charge in [-0.25, -0.2) is 0 Å². The van der Waals surface area contributed by atoms with Gasteiger partial charge in [0.05, 0.1) is 6.20 Å². The van der Waals surface area contributed by atoms with Gasteiger partial charge in [0.1, 0.15) is 5.75 Å². The van der Waals surface area contributed by atoms with E-state index in [1.807, 2.05) is 11.0 Å². The SMILES string of the molecule is O=C(c1cn(C[C@@H]2CCCN(Cc3cc(Cl)ccc3O)C2)nn1)N1CCCC1. The monoisotopic (exact) mass is 403 g/mol. The summed E-state index contributed by atoms with van der Waals surface area (Å²) < 4.78 is 1.80. The smallest absolute Gasteiger partial charge is 0.276 e. The number of aromatic hydroxyl groups is 1. The minimum absolute atomic E-state index is 0.00884. The number of amides is 1. The molecule has 1 atom stereocenters. The number of phenols is 1. The summed E-state index contributed by atoms with van der Waals surface area (Å²) in [6.07, 6.45) is 6.13. The molecular formula is C20H26ClN5O2. The van der Waals surface area contributed by atoms with Gasteiger partial charge in [0.15, 0.2) is 5.69 Å². The van der Waals surface area contributed by atoms with E-state index in [-0.39, 0.29) is 11.7 Å². The van der Waals surface area contributed by atoms with Gasteiger partial charge in [-0.3, -0.25) is 14.4 Å². The largest absolute Gasteiger partial charge is 0.508 e. The molecule has 1 aromatic carbocycles. The maximum atomic E-state index is 12.4. The van der Waals surface area contributed by atoms with E-state index >= 15 is 0 Å². The highest BCUT2D eigenvalue weighted by Crippen LogP contribution is 2.26. The number of carbonyl (C=O) groups excluding carboxylic acids is 1. The Balaban J connectivity index is 1.35. The van der Waals surface area contributed by atoms with Crippen molar-refractivity contribution in [3.63, 3.8) is 0 Å². The van der Waals surface area contributed by atoms with Crippen molar-refractivity contribution in [3.8, 4) is 5.75 Å². The number of likely N-dealkylation sites (tertiary alicyclic amines) is 2. The normalized spacial score (nSPS) is 20.6. The molecule has 0 aliphatic carbocycles. The predicted octanol–water partition coefficient (Wildman–Crippen LogP) is 2.79. The number of benzene rings is 1. The second kappa shape index (κ2) is 8.49. The van der Waals surface area contributed by atoms with Gasteiger partial charge in [-0.2, -0.15) is 0 Å². The van der Waals surface area contributed by atoms with Crippen molar-refractivity contribution >= 4 is 17.5 Å². The summed E-state index contributed by atoms with van der Waals surface area (Å²) in [6, 6.07) is 5.17. The summed E-state index contributed by atoms with van der Waals surface area (Å²) in [6.45, 7) is 4.98. The number of piperidine rings is 1. The molecule has 2 aromatic rings. The summed E-state index contributed by atoms with van der Waals surface area (Å²) in [5, 5.41) is 19.0. The molecule has 2 saturated heterocycles. The minimum atomic E-state index is -0.00884. The average Bonchev–Trinajstić information content (AvgIpc) is 3.37. The van der Waals surface area contributed by atoms with E-state index in [0.717, 1.165) is 64.0 Å². The van der Waals surface area contributed by atoms with E-state index < -0.39 is 0 Å². The van der Waals surface area contributed by atoms with Crippen LogP contribution in [-0.4, -0.2) is 62.0 Å². The highest BCUT2D eigenvalue weighted by Gasteiger charge is 2.24. The van der Waals surface area contributed by atoms with Crippen LogP contribution in [0.1, 0.15) is 41.7 Å². The van der Waals surface area contributed by atoms with E-state index in [9.17, 15) is 9.90 Å². The molecular weight excluding hydrogens is 378 g/mol. The number of hydrogen-bond acceptors (Lipinski definition) is 5. The van der Waals surface area contributed by atoms with E-state index in [4.69, 9.17) is 11.6 Å². The molecule has 2 fully saturated rings. The van der Waals surface area contributed by atoms with Crippen LogP contribution >= 0.6 is 11.6 Å². The first-order valence-electron chi connectivity index (χ1n) is 9.97. The molecule has 4 rings (SSSR count). The fourth-order valence-electron chi connectivity index (χ4n) is 4.20. The molecule has 0 bridgehead atoms. The summed E-state index contributed by atoms with van der Waals surface area (Å²) in [4.78, 5) is 16.6. The zero-order valence-corrected chi connectivity index (χ0v) is 16.7. The second-order valence-corrected chi connectivity index (χ2v) is 8.28. The Morgan fingerprint density at radius 3 is 2.86 bits per heavy atom. The number of aromatic nitrogens is 3. The number of phenolic OH excluding ortho intramolecular Hbond substituents is 1. The molecule has 150 valence electrons. The summed E-state index contributed by atoms with van der Waals surface area (Å²) in [5.74, 6) is 0.713. The van der Waals surface area contributed by atoms with Gasteiger partial charge < -0.3 is 10.0 Å². The van der Waals surface area contributed by atoms with E-state index in [1.165, 1.54) is 0 Å². The number of nitrogens with zero attached hydrogens (tertiary/aromatic N) is 5. The van der Waals surface area contributed by atoms with Crippen molar-refractivity contribution in [1.82, 2.24) is 24.8 Å². The lowest BCUT2D eigenvalue weighted by molar-refractivity contribution is 0.0787. The molecule has 2 aliphatic heterocycles. The maximum Gasteiger partial charge on any atom is 0.276 e. The number of hydrogen-bond donors (Lipinski definition) is 1. The van der Waals surface area contributed by atoms with Gasteiger partial charge >= 0.3 is 0 Å². The zero-order valence-electron chi connectivity index (χ0n) is 15.9. The van der Waals surface area contributed by atoms with Crippen LogP contribution in [0.25, 0.3) is 0 Å². The zero-order chi connectivity index (χ0) is 19.5. The quantitative estimate of drug-likeness (QED) is 0.830. The van der Waals surface area contributed by atoms with Crippen LogP contribution in [0.4, 0.5) is 0 Å². The topological polar surface area (TPSA) is 74.5 Å². The molecule has 8 heteroatoms. The van der Waals surface area contributed by atoms with Gasteiger partial charge in [-0.15, -0.1) is 5.10 Å². The summed E-state index contributed by atoms with van der Waals surface area (Å²) >= 11 is 6.07. The lowest BCUT2D eigenvalue weighted by atomic mass is 9.97. The fraction of sp³-hybridized carbons (Fsp3) is 0.550. The molecule has 0 saturated carbocycles. The molecule has 28 heavy (non-hydrogen) atoms. The average molecular weight is 404 g/mol. The minimum Gasteiger partial charge on any atom is -0.508 e. The Kier molecular flexibility index (Phi) is 5.82. The van der Waals surface area contributed by atoms with Crippen molar-refractivity contribution in [3.05, 3.63) is 40.7 Å². The van der Waals surface area contributed by atoms with Crippen molar-refractivity contribution in [2.24, 2.45) is 5.92 Å². The lowest BCUT2D eigenvalue weighted by Gasteiger charge is -2.32. The van der Waals surface area contributed by atoms with Crippen LogP contribution in [0, 0.1) is 5.92 Å². The Morgan fingerprint density at radius 1 is 1.21 bits per heavy atom. The number of halogens is 1. The third kappa shape index (κ3) is 4.47. The van der Waals surface area contributed by atoms with Crippen LogP contribution < -0.4 is 0 Å². The fourth-order valence-corrected chi connectivity index (χ4v) is 4.39. The molecule has 0 radical (unpaired) electrons. The van der Waals surface area contributed by atoms with Crippen molar-refractivity contribution < 1.29 is 9.90 Å². The molecule has 1 amide bonds. The Morgan fingerprint density at radius 2 is 2.04 bits per heavy atom. The number of carbonyl (C=O) groups is 1. The van der Waals surface area contributed by atoms with Gasteiger partial charge in [0, 0.05) is 43.3 Å². The number of rotatable bonds is 5. The van der Waals surface area contributed by atoms with Gasteiger partial charge in [-0.1, -0.05) is 16.8 Å². The molecule has 7 nitrogen and oxygen atoms in total. The highest BCUT2D eigenvalue weighted by atomic mass is 35.5. The van der Waals surface area contributed by atoms with Crippen molar-refractivity contribution in [2.75, 3.05) is 26.2 Å². The van der Waals surface area contributed by atoms with Crippen molar-refractivity contribution in [1.29, 1.82) is 0 Å². The lowest BCUT2D eigenvalue weighted by Crippen LogP contribution is -2.36. The molecule has 1 aromatic heterocycles. The molecule has 2 aliphatic rings. The standard InChI is InChI=1S/C20H26ClN5O2/c21-17-5-6-19(27)16(10-17)13-24-7-3-4-15(11-24)12-26-14-18(22-23-26)20(28)25-8-1-2-9-25/h5-6,10,14-15,27H,1-4,7-9,11-13H2/t15-/m1/s1. The Labute approximate surface area is 169 Å². The summed E-state index contributed by atoms with van der Waals surface area (Å²) in [7, 11) is 0. The first-order chi connectivity index (χ1) is 13.6. The molecule has 1 N–H and O–H groups in total. The van der Waals surface area contributed by atoms with Gasteiger partial charge in [0.2, 0.25) is 0 Å². The third-order valence-corrected chi connectivity index (χ3v) is 5.87. The Hall–Kier alpha value is -2.12. The predicted molar refractivity (Wildman–Crippen MR) is 106 cm³/mol. The van der Waals surface area contributed by atoms with Crippen LogP contribution in [0.5, 0.6) is 5.75 Å². The van der Waals surface area contributed by atoms with Crippen LogP contribution in [0.15, 0.2) is 24.4 Å². The van der Waals surface area contributed by atoms with Crippen LogP contribution in [-0.2, 0) is 13.1 Å². The first kappa shape index (κ1) is 19.2. The van der Waals surface area contributed by atoms with Crippen LogP contribution in [0.2, 0.25) is 5.02 Å². The van der Waals surface area contributed by atoms with Crippen LogP contribution in [0.3, 0.4) is 0 Å². The van der Waals surface area contributed by atoms with E-state index in [1.54, 1.807) is 23.0 Å². The van der Waals surface area contributed by atoms with E-state index in [0.29, 0.717) is 23.2 Å². The highest BCUT2D eigenvalue weighted by molar-refractivity contribution is 6.30.